The van der Waals surface area contributed by atoms with Gasteiger partial charge in [0.15, 0.2) is 0 Å². The Morgan fingerprint density at radius 1 is 1.25 bits per heavy atom. The van der Waals surface area contributed by atoms with Crippen LogP contribution in [0.25, 0.3) is 0 Å². The van der Waals surface area contributed by atoms with E-state index in [1.807, 2.05) is 37.4 Å². The lowest BCUT2D eigenvalue weighted by Gasteiger charge is -2.09. The number of nitrogens with zero attached hydrogens (tertiary/aromatic N) is 2. The Morgan fingerprint density at radius 3 is 2.80 bits per heavy atom. The highest BCUT2D eigenvalue weighted by molar-refractivity contribution is 9.10. The van der Waals surface area contributed by atoms with Gasteiger partial charge in [0.2, 0.25) is 5.88 Å². The van der Waals surface area contributed by atoms with Gasteiger partial charge in [-0.15, -0.1) is 0 Å². The summed E-state index contributed by atoms with van der Waals surface area (Å²) in [5, 5.41) is 3.03. The number of nitrogens with one attached hydrogen (secondary N) is 1. The summed E-state index contributed by atoms with van der Waals surface area (Å²) in [6.07, 6.45) is 1.86. The Kier molecular flexibility index (Phi) is 5.35. The number of benzene rings is 1. The first kappa shape index (κ1) is 14.8. The molecular formula is C15H18BrN3O. The Balaban J connectivity index is 2.10. The summed E-state index contributed by atoms with van der Waals surface area (Å²) in [7, 11) is 1.84. The van der Waals surface area contributed by atoms with Crippen molar-refractivity contribution in [1.29, 1.82) is 0 Å². The minimum Gasteiger partial charge on any atom is -0.473 e. The first-order chi connectivity index (χ1) is 9.71. The highest BCUT2D eigenvalue weighted by Crippen LogP contribution is 2.17. The molecule has 1 aromatic carbocycles. The minimum atomic E-state index is 0.491. The summed E-state index contributed by atoms with van der Waals surface area (Å²) in [4.78, 5) is 8.82. The maximum Gasteiger partial charge on any atom is 0.219 e. The fourth-order valence-corrected chi connectivity index (χ4v) is 2.24. The molecule has 106 valence electrons. The molecule has 1 heterocycles. The molecule has 0 radical (unpaired) electrons. The van der Waals surface area contributed by atoms with Gasteiger partial charge < -0.3 is 10.1 Å². The molecule has 2 rings (SSSR count). The summed E-state index contributed by atoms with van der Waals surface area (Å²) in [5.74, 6) is 2.20. The molecule has 0 fully saturated rings. The van der Waals surface area contributed by atoms with Crippen LogP contribution in [0, 0.1) is 0 Å². The zero-order chi connectivity index (χ0) is 14.4. The third-order valence-corrected chi connectivity index (χ3v) is 3.25. The molecule has 5 heteroatoms. The van der Waals surface area contributed by atoms with Crippen LogP contribution in [0.1, 0.15) is 24.7 Å². The molecule has 4 nitrogen and oxygen atoms in total. The lowest BCUT2D eigenvalue weighted by molar-refractivity contribution is 0.292. The van der Waals surface area contributed by atoms with Crippen LogP contribution in [0.3, 0.4) is 0 Å². The SMILES string of the molecule is CCCc1nc(NC)cc(OCc2cccc(Br)c2)n1. The van der Waals surface area contributed by atoms with Gasteiger partial charge in [0.1, 0.15) is 18.2 Å². The molecule has 0 aliphatic heterocycles. The molecule has 0 aliphatic carbocycles. The second kappa shape index (κ2) is 7.24. The van der Waals surface area contributed by atoms with E-state index in [0.29, 0.717) is 12.5 Å². The summed E-state index contributed by atoms with van der Waals surface area (Å²) >= 11 is 3.45. The van der Waals surface area contributed by atoms with Gasteiger partial charge in [0.05, 0.1) is 0 Å². The first-order valence-electron chi connectivity index (χ1n) is 6.64. The number of rotatable bonds is 6. The fraction of sp³-hybridized carbons (Fsp3) is 0.333. The van der Waals surface area contributed by atoms with Crippen molar-refractivity contribution in [2.45, 2.75) is 26.4 Å². The van der Waals surface area contributed by atoms with Gasteiger partial charge in [-0.3, -0.25) is 0 Å². The molecule has 1 aromatic heterocycles. The van der Waals surface area contributed by atoms with E-state index in [2.05, 4.69) is 38.1 Å². The first-order valence-corrected chi connectivity index (χ1v) is 7.43. The molecule has 2 aromatic rings. The highest BCUT2D eigenvalue weighted by Gasteiger charge is 2.05. The van der Waals surface area contributed by atoms with Crippen molar-refractivity contribution in [1.82, 2.24) is 9.97 Å². The standard InChI is InChI=1S/C15H18BrN3O/c1-3-5-13-18-14(17-2)9-15(19-13)20-10-11-6-4-7-12(16)8-11/h4,6-9H,3,5,10H2,1-2H3,(H,17,18,19). The van der Waals surface area contributed by atoms with Crippen LogP contribution in [0.2, 0.25) is 0 Å². The van der Waals surface area contributed by atoms with Crippen molar-refractivity contribution in [2.24, 2.45) is 0 Å². The van der Waals surface area contributed by atoms with E-state index in [9.17, 15) is 0 Å². The summed E-state index contributed by atoms with van der Waals surface area (Å²) < 4.78 is 6.81. The smallest absolute Gasteiger partial charge is 0.219 e. The largest absolute Gasteiger partial charge is 0.473 e. The zero-order valence-electron chi connectivity index (χ0n) is 11.7. The zero-order valence-corrected chi connectivity index (χ0v) is 13.3. The Hall–Kier alpha value is -1.62. The van der Waals surface area contributed by atoms with Crippen molar-refractivity contribution in [3.8, 4) is 5.88 Å². The molecular weight excluding hydrogens is 318 g/mol. The normalized spacial score (nSPS) is 10.3. The lowest BCUT2D eigenvalue weighted by Crippen LogP contribution is -2.04. The van der Waals surface area contributed by atoms with Crippen LogP contribution in [0.5, 0.6) is 5.88 Å². The van der Waals surface area contributed by atoms with Crippen LogP contribution < -0.4 is 10.1 Å². The Bertz CT molecular complexity index is 575. The predicted octanol–water partition coefficient (Wildman–Crippen LogP) is 3.81. The third-order valence-electron chi connectivity index (χ3n) is 2.75. The maximum absolute atomic E-state index is 5.76. The second-order valence-corrected chi connectivity index (χ2v) is 5.34. The molecule has 0 saturated carbocycles. The fourth-order valence-electron chi connectivity index (χ4n) is 1.79. The van der Waals surface area contributed by atoms with Gasteiger partial charge >= 0.3 is 0 Å². The molecule has 0 atom stereocenters. The molecule has 1 N–H and O–H groups in total. The molecule has 20 heavy (non-hydrogen) atoms. The van der Waals surface area contributed by atoms with E-state index < -0.39 is 0 Å². The average molecular weight is 336 g/mol. The molecule has 0 unspecified atom stereocenters. The molecule has 0 spiro atoms. The van der Waals surface area contributed by atoms with Crippen LogP contribution >= 0.6 is 15.9 Å². The Morgan fingerprint density at radius 2 is 2.10 bits per heavy atom. The van der Waals surface area contributed by atoms with Gasteiger partial charge in [0.25, 0.3) is 0 Å². The van der Waals surface area contributed by atoms with Crippen molar-refractivity contribution in [3.05, 3.63) is 46.2 Å². The quantitative estimate of drug-likeness (QED) is 0.871. The summed E-state index contributed by atoms with van der Waals surface area (Å²) in [6, 6.07) is 9.86. The topological polar surface area (TPSA) is 47.0 Å². The van der Waals surface area contributed by atoms with Gasteiger partial charge in [-0.2, -0.15) is 4.98 Å². The number of aromatic nitrogens is 2. The summed E-state index contributed by atoms with van der Waals surface area (Å²) in [6.45, 7) is 2.60. The number of hydrogen-bond acceptors (Lipinski definition) is 4. The van der Waals surface area contributed by atoms with E-state index in [-0.39, 0.29) is 0 Å². The summed E-state index contributed by atoms with van der Waals surface area (Å²) in [5.41, 5.74) is 1.10. The van der Waals surface area contributed by atoms with Crippen molar-refractivity contribution < 1.29 is 4.74 Å². The Labute approximate surface area is 127 Å². The van der Waals surface area contributed by atoms with E-state index in [4.69, 9.17) is 4.74 Å². The van der Waals surface area contributed by atoms with Crippen LogP contribution in [-0.2, 0) is 13.0 Å². The van der Waals surface area contributed by atoms with Crippen LogP contribution in [0.4, 0.5) is 5.82 Å². The number of halogens is 1. The molecule has 0 saturated heterocycles. The second-order valence-electron chi connectivity index (χ2n) is 4.43. The average Bonchev–Trinajstić information content (AvgIpc) is 2.45. The van der Waals surface area contributed by atoms with E-state index in [1.54, 1.807) is 0 Å². The van der Waals surface area contributed by atoms with E-state index in [0.717, 1.165) is 34.5 Å². The van der Waals surface area contributed by atoms with E-state index in [1.165, 1.54) is 0 Å². The number of ether oxygens (including phenoxy) is 1. The van der Waals surface area contributed by atoms with Crippen molar-refractivity contribution in [3.63, 3.8) is 0 Å². The van der Waals surface area contributed by atoms with E-state index >= 15 is 0 Å². The van der Waals surface area contributed by atoms with Gasteiger partial charge in [-0.25, -0.2) is 4.98 Å². The maximum atomic E-state index is 5.76. The predicted molar refractivity (Wildman–Crippen MR) is 84.0 cm³/mol. The third kappa shape index (κ3) is 4.20. The molecule has 0 amide bonds. The monoisotopic (exact) mass is 335 g/mol. The number of aryl methyl sites for hydroxylation is 1. The number of hydrogen-bond donors (Lipinski definition) is 1. The minimum absolute atomic E-state index is 0.491. The number of anilines is 1. The van der Waals surface area contributed by atoms with Crippen molar-refractivity contribution >= 4 is 21.7 Å². The van der Waals surface area contributed by atoms with Gasteiger partial charge in [-0.05, 0) is 24.1 Å². The molecule has 0 bridgehead atoms. The highest BCUT2D eigenvalue weighted by atomic mass is 79.9. The van der Waals surface area contributed by atoms with Crippen LogP contribution in [-0.4, -0.2) is 17.0 Å². The van der Waals surface area contributed by atoms with Crippen LogP contribution in [0.15, 0.2) is 34.8 Å². The van der Waals surface area contributed by atoms with Crippen molar-refractivity contribution in [2.75, 3.05) is 12.4 Å². The lowest BCUT2D eigenvalue weighted by atomic mass is 10.2. The van der Waals surface area contributed by atoms with Gasteiger partial charge in [-0.1, -0.05) is 35.0 Å². The van der Waals surface area contributed by atoms with Gasteiger partial charge in [0, 0.05) is 24.0 Å². The molecule has 0 aliphatic rings.